The zero-order valence-electron chi connectivity index (χ0n) is 1.58. The van der Waals surface area contributed by atoms with Gasteiger partial charge in [-0.3, -0.25) is 0 Å². The van der Waals surface area contributed by atoms with Crippen molar-refractivity contribution in [3.63, 3.8) is 0 Å². The second kappa shape index (κ2) is 26.7. The summed E-state index contributed by atoms with van der Waals surface area (Å²) in [7, 11) is 5.44. The summed E-state index contributed by atoms with van der Waals surface area (Å²) in [6, 6.07) is 0. The zero-order chi connectivity index (χ0) is 2.00. The first kappa shape index (κ1) is 18.3. The SMILES string of the molecule is [AlH3].[B][SiH3].[GeH4]. The summed E-state index contributed by atoms with van der Waals surface area (Å²) in [5.41, 5.74) is 0. The van der Waals surface area contributed by atoms with Gasteiger partial charge in [-0.2, -0.15) is 0 Å². The summed E-state index contributed by atoms with van der Waals surface area (Å²) in [6.45, 7) is 0. The van der Waals surface area contributed by atoms with Crippen LogP contribution in [-0.4, -0.2) is 52.5 Å². The Morgan fingerprint density at radius 2 is 1.25 bits per heavy atom. The minimum absolute atomic E-state index is 0. The van der Waals surface area contributed by atoms with Crippen LogP contribution in [0.3, 0.4) is 0 Å². The van der Waals surface area contributed by atoms with Crippen molar-refractivity contribution in [3.8, 4) is 0 Å². The summed E-state index contributed by atoms with van der Waals surface area (Å²) in [5, 5.41) is 0. The molecule has 0 fully saturated rings. The van der Waals surface area contributed by atoms with Crippen LogP contribution in [0.1, 0.15) is 0 Å². The molecule has 0 aromatic carbocycles. The summed E-state index contributed by atoms with van der Waals surface area (Å²) >= 11 is 0. The van der Waals surface area contributed by atoms with E-state index in [0.717, 1.165) is 10.1 Å². The van der Waals surface area contributed by atoms with Gasteiger partial charge >= 0.3 is 17.6 Å². The van der Waals surface area contributed by atoms with Crippen LogP contribution in [0.2, 0.25) is 0 Å². The van der Waals surface area contributed by atoms with Crippen molar-refractivity contribution < 1.29 is 0 Å². The fourth-order valence-electron chi connectivity index (χ4n) is 0. The fourth-order valence-corrected chi connectivity index (χ4v) is 0. The predicted octanol–water partition coefficient (Wildman–Crippen LogP) is -4.20. The van der Waals surface area contributed by atoms with Gasteiger partial charge in [0.25, 0.3) is 0 Å². The van der Waals surface area contributed by atoms with E-state index in [1.165, 1.54) is 0 Å². The fraction of sp³-hybridized carbons (Fsp3) is 0. The molecule has 0 aliphatic heterocycles. The second-order valence-electron chi connectivity index (χ2n) is 0. The first-order valence-corrected chi connectivity index (χ1v) is 1.73. The molecule has 0 aliphatic rings. The Morgan fingerprint density at radius 1 is 1.25 bits per heavy atom. The third kappa shape index (κ3) is 10.1. The molecule has 2 radical (unpaired) electrons. The van der Waals surface area contributed by atoms with E-state index < -0.39 is 0 Å². The van der Waals surface area contributed by atoms with Gasteiger partial charge in [-0.15, -0.1) is 0 Å². The average molecular weight is 149 g/mol. The van der Waals surface area contributed by atoms with Gasteiger partial charge in [0.1, 0.15) is 0 Å². The third-order valence-corrected chi connectivity index (χ3v) is 0. The van der Waals surface area contributed by atoms with Gasteiger partial charge in [-0.1, -0.05) is 0 Å². The van der Waals surface area contributed by atoms with E-state index >= 15 is 0 Å². The molecule has 0 unspecified atom stereocenters. The maximum atomic E-state index is 4.64. The van der Waals surface area contributed by atoms with Gasteiger partial charge in [0.15, 0.2) is 17.4 Å². The van der Waals surface area contributed by atoms with E-state index in [2.05, 4.69) is 7.44 Å². The molecule has 0 aliphatic carbocycles. The minimum atomic E-state index is 0. The van der Waals surface area contributed by atoms with Gasteiger partial charge < -0.3 is 0 Å². The van der Waals surface area contributed by atoms with E-state index in [1.54, 1.807) is 0 Å². The molecule has 0 saturated carbocycles. The molecule has 0 rings (SSSR count). The van der Waals surface area contributed by atoms with Gasteiger partial charge in [-0.25, -0.2) is 0 Å². The Kier molecular flexibility index (Phi) is 122. The molecular weight excluding hydrogens is 138 g/mol. The van der Waals surface area contributed by atoms with E-state index in [0.29, 0.717) is 0 Å². The molecule has 0 N–H and O–H groups in total. The molecule has 0 bridgehead atoms. The first-order chi connectivity index (χ1) is 1.00. The van der Waals surface area contributed by atoms with Crippen molar-refractivity contribution in [2.75, 3.05) is 0 Å². The van der Waals surface area contributed by atoms with Gasteiger partial charge in [0.2, 0.25) is 0 Å². The Balaban J connectivity index is -0.00000000500. The first-order valence-electron chi connectivity index (χ1n) is 0.577. The van der Waals surface area contributed by atoms with Crippen molar-refractivity contribution in [1.82, 2.24) is 0 Å². The number of hydrogen-bond acceptors (Lipinski definition) is 0. The molecule has 0 nitrogen and oxygen atoms in total. The Labute approximate surface area is 52.6 Å². The molecule has 0 aromatic rings. The van der Waals surface area contributed by atoms with Crippen molar-refractivity contribution in [2.24, 2.45) is 0 Å². The van der Waals surface area contributed by atoms with Crippen molar-refractivity contribution >= 4 is 52.5 Å². The van der Waals surface area contributed by atoms with Crippen LogP contribution in [0.5, 0.6) is 0 Å². The molecule has 24 valence electrons. The van der Waals surface area contributed by atoms with E-state index in [1.807, 2.05) is 0 Å². The standard InChI is InChI=1S/Al.BH3Si.GeH4.3H/c;1-2;;;;/h;2H3;1H4;;;. The van der Waals surface area contributed by atoms with Gasteiger partial charge in [-0.05, 0) is 10.1 Å². The molecule has 0 saturated heterocycles. The van der Waals surface area contributed by atoms with Gasteiger partial charge in [0.05, 0.1) is 0 Å². The Morgan fingerprint density at radius 3 is 1.25 bits per heavy atom. The van der Waals surface area contributed by atoms with Crippen LogP contribution in [0.4, 0.5) is 0 Å². The Bertz CT molecular complexity index is 8.00. The average Bonchev–Trinajstić information content (AvgIpc) is 1.00. The van der Waals surface area contributed by atoms with E-state index in [4.69, 9.17) is 0 Å². The van der Waals surface area contributed by atoms with Crippen LogP contribution >= 0.6 is 0 Å². The molecule has 0 aromatic heterocycles. The van der Waals surface area contributed by atoms with Crippen LogP contribution in [0.25, 0.3) is 0 Å². The molecule has 0 heterocycles. The number of hydrogen-bond donors (Lipinski definition) is 0. The molecule has 0 spiro atoms. The quantitative estimate of drug-likeness (QED) is 0.306. The summed E-state index contributed by atoms with van der Waals surface area (Å²) in [4.78, 5) is 0. The zero-order valence-corrected chi connectivity index (χ0v) is 3.58. The normalized spacial score (nSPS) is 2.00. The molecular formula is H10AlBGeSi. The van der Waals surface area contributed by atoms with Crippen LogP contribution in [-0.2, 0) is 0 Å². The summed E-state index contributed by atoms with van der Waals surface area (Å²) in [6.07, 6.45) is 0. The van der Waals surface area contributed by atoms with Crippen LogP contribution in [0, 0.1) is 0 Å². The van der Waals surface area contributed by atoms with E-state index in [9.17, 15) is 0 Å². The van der Waals surface area contributed by atoms with Crippen molar-refractivity contribution in [2.45, 2.75) is 0 Å². The van der Waals surface area contributed by atoms with Crippen LogP contribution in [0.15, 0.2) is 0 Å². The maximum absolute atomic E-state index is 4.64. The molecule has 4 heteroatoms. The topological polar surface area (TPSA) is 0 Å². The van der Waals surface area contributed by atoms with Crippen LogP contribution < -0.4 is 0 Å². The number of rotatable bonds is 0. The molecule has 0 atom stereocenters. The summed E-state index contributed by atoms with van der Waals surface area (Å²) < 4.78 is 0. The Hall–Kier alpha value is 1.36. The molecule has 0 amide bonds. The third-order valence-electron chi connectivity index (χ3n) is 0. The van der Waals surface area contributed by atoms with E-state index in [-0.39, 0.29) is 35.0 Å². The second-order valence-corrected chi connectivity index (χ2v) is 0. The summed E-state index contributed by atoms with van der Waals surface area (Å²) in [5.74, 6) is 0. The van der Waals surface area contributed by atoms with Crippen molar-refractivity contribution in [3.05, 3.63) is 0 Å². The monoisotopic (exact) mass is 150 g/mol. The molecule has 4 heavy (non-hydrogen) atoms. The van der Waals surface area contributed by atoms with Crippen molar-refractivity contribution in [1.29, 1.82) is 0 Å². The van der Waals surface area contributed by atoms with Gasteiger partial charge in [0, 0.05) is 7.44 Å². The predicted molar refractivity (Wildman–Crippen MR) is 37.0 cm³/mol.